The van der Waals surface area contributed by atoms with Crippen molar-refractivity contribution in [1.29, 1.82) is 0 Å². The van der Waals surface area contributed by atoms with Gasteiger partial charge >= 0.3 is 0 Å². The lowest BCUT2D eigenvalue weighted by molar-refractivity contribution is 1.37. The minimum Gasteiger partial charge on any atom is -0.254 e. The van der Waals surface area contributed by atoms with Gasteiger partial charge in [0.2, 0.25) is 0 Å². The number of hydrogen-bond donors (Lipinski definition) is 0. The van der Waals surface area contributed by atoms with Gasteiger partial charge in [0.25, 0.3) is 0 Å². The maximum atomic E-state index is 5.20. The molecule has 4 heterocycles. The molecular formula is C50H30N4. The predicted octanol–water partition coefficient (Wildman–Crippen LogP) is 12.9. The quantitative estimate of drug-likeness (QED) is 0.137. The molecule has 0 aliphatic heterocycles. The highest BCUT2D eigenvalue weighted by molar-refractivity contribution is 6.12. The van der Waals surface area contributed by atoms with Gasteiger partial charge in [0.05, 0.1) is 33.5 Å². The Morgan fingerprint density at radius 1 is 0.315 bits per heavy atom. The Morgan fingerprint density at radius 2 is 0.889 bits per heavy atom. The molecule has 0 aliphatic rings. The number of benzene rings is 7. The fraction of sp³-hybridized carbons (Fsp3) is 0. The van der Waals surface area contributed by atoms with Crippen LogP contribution in [0.1, 0.15) is 0 Å². The standard InChI is InChI=1S/C50H30N4/c1-3-9-41-36(6-1)30-37-7-2-4-10-42(37)48(41)47-24-19-39-29-35(17-22-46(39)54-47)34-16-21-45-38(28-34)18-23-44(53-45)32-13-11-31(12-14-32)40-25-27-52-50-43(40)20-15-33-8-5-26-51-49(33)50/h1-30H. The molecule has 4 nitrogen and oxygen atoms in total. The van der Waals surface area contributed by atoms with Gasteiger partial charge in [-0.15, -0.1) is 0 Å². The number of aromatic nitrogens is 4. The zero-order chi connectivity index (χ0) is 35.6. The number of nitrogens with zero attached hydrogens (tertiary/aromatic N) is 4. The van der Waals surface area contributed by atoms with E-state index in [9.17, 15) is 0 Å². The zero-order valence-electron chi connectivity index (χ0n) is 29.1. The lowest BCUT2D eigenvalue weighted by atomic mass is 9.94. The zero-order valence-corrected chi connectivity index (χ0v) is 29.1. The average Bonchev–Trinajstić information content (AvgIpc) is 3.24. The van der Waals surface area contributed by atoms with E-state index in [1.54, 1.807) is 0 Å². The Balaban J connectivity index is 0.896. The van der Waals surface area contributed by atoms with Gasteiger partial charge in [-0.3, -0.25) is 9.97 Å². The van der Waals surface area contributed by atoms with E-state index in [1.807, 2.05) is 18.5 Å². The summed E-state index contributed by atoms with van der Waals surface area (Å²) in [6.07, 6.45) is 3.70. The van der Waals surface area contributed by atoms with E-state index in [0.717, 1.165) is 82.8 Å². The minimum absolute atomic E-state index is 0.922. The van der Waals surface area contributed by atoms with Crippen molar-refractivity contribution in [3.63, 3.8) is 0 Å². The fourth-order valence-corrected chi connectivity index (χ4v) is 8.03. The smallest absolute Gasteiger partial charge is 0.0970 e. The Labute approximate surface area is 311 Å². The molecule has 0 atom stereocenters. The van der Waals surface area contributed by atoms with Crippen LogP contribution in [0.4, 0.5) is 0 Å². The van der Waals surface area contributed by atoms with E-state index in [0.29, 0.717) is 0 Å². The predicted molar refractivity (Wildman–Crippen MR) is 224 cm³/mol. The maximum absolute atomic E-state index is 5.20. The first-order valence-corrected chi connectivity index (χ1v) is 18.2. The number of fused-ring (bicyclic) bond motifs is 7. The van der Waals surface area contributed by atoms with E-state index >= 15 is 0 Å². The summed E-state index contributed by atoms with van der Waals surface area (Å²) in [5.74, 6) is 0. The second kappa shape index (κ2) is 12.1. The van der Waals surface area contributed by atoms with Crippen LogP contribution in [-0.4, -0.2) is 19.9 Å². The molecule has 11 aromatic rings. The summed E-state index contributed by atoms with van der Waals surface area (Å²) in [5.41, 5.74) is 12.6. The van der Waals surface area contributed by atoms with Gasteiger partial charge in [-0.05, 0) is 98.4 Å². The van der Waals surface area contributed by atoms with Gasteiger partial charge in [-0.25, -0.2) is 9.97 Å². The molecule has 0 saturated heterocycles. The summed E-state index contributed by atoms with van der Waals surface area (Å²) in [4.78, 5) is 19.6. The van der Waals surface area contributed by atoms with Crippen molar-refractivity contribution in [2.75, 3.05) is 0 Å². The topological polar surface area (TPSA) is 51.6 Å². The molecule has 54 heavy (non-hydrogen) atoms. The molecule has 7 aromatic carbocycles. The molecule has 0 saturated carbocycles. The van der Waals surface area contributed by atoms with Crippen molar-refractivity contribution in [1.82, 2.24) is 19.9 Å². The van der Waals surface area contributed by atoms with Gasteiger partial charge in [0.1, 0.15) is 0 Å². The van der Waals surface area contributed by atoms with Crippen LogP contribution in [-0.2, 0) is 0 Å². The van der Waals surface area contributed by atoms with Crippen molar-refractivity contribution in [3.05, 3.63) is 182 Å². The van der Waals surface area contributed by atoms with E-state index in [1.165, 1.54) is 27.1 Å². The van der Waals surface area contributed by atoms with Crippen LogP contribution < -0.4 is 0 Å². The number of pyridine rings is 4. The van der Waals surface area contributed by atoms with Crippen LogP contribution in [0, 0.1) is 0 Å². The molecule has 0 amide bonds. The first kappa shape index (κ1) is 30.3. The largest absolute Gasteiger partial charge is 0.254 e. The third-order valence-corrected chi connectivity index (χ3v) is 10.7. The number of hydrogen-bond acceptors (Lipinski definition) is 4. The van der Waals surface area contributed by atoms with Gasteiger partial charge in [0, 0.05) is 45.1 Å². The monoisotopic (exact) mass is 686 g/mol. The van der Waals surface area contributed by atoms with Crippen molar-refractivity contribution in [3.8, 4) is 44.8 Å². The number of rotatable bonds is 4. The minimum atomic E-state index is 0.922. The van der Waals surface area contributed by atoms with Crippen molar-refractivity contribution in [2.45, 2.75) is 0 Å². The second-order valence-corrected chi connectivity index (χ2v) is 13.9. The van der Waals surface area contributed by atoms with Crippen LogP contribution >= 0.6 is 0 Å². The first-order valence-electron chi connectivity index (χ1n) is 18.2. The molecule has 4 heteroatoms. The van der Waals surface area contributed by atoms with Crippen molar-refractivity contribution >= 4 is 65.2 Å². The highest BCUT2D eigenvalue weighted by Crippen LogP contribution is 2.37. The molecule has 0 radical (unpaired) electrons. The Morgan fingerprint density at radius 3 is 1.61 bits per heavy atom. The molecule has 250 valence electrons. The van der Waals surface area contributed by atoms with Gasteiger partial charge in [-0.1, -0.05) is 115 Å². The van der Waals surface area contributed by atoms with E-state index in [-0.39, 0.29) is 0 Å². The molecule has 0 N–H and O–H groups in total. The van der Waals surface area contributed by atoms with Crippen LogP contribution in [0.15, 0.2) is 182 Å². The molecular weight excluding hydrogens is 657 g/mol. The normalized spacial score (nSPS) is 11.7. The van der Waals surface area contributed by atoms with E-state index < -0.39 is 0 Å². The fourth-order valence-electron chi connectivity index (χ4n) is 8.03. The summed E-state index contributed by atoms with van der Waals surface area (Å²) >= 11 is 0. The molecule has 0 bridgehead atoms. The van der Waals surface area contributed by atoms with Gasteiger partial charge in [0.15, 0.2) is 0 Å². The molecule has 0 fully saturated rings. The molecule has 0 spiro atoms. The lowest BCUT2D eigenvalue weighted by Gasteiger charge is -2.12. The van der Waals surface area contributed by atoms with Crippen LogP contribution in [0.3, 0.4) is 0 Å². The van der Waals surface area contributed by atoms with E-state index in [4.69, 9.17) is 9.97 Å². The summed E-state index contributed by atoms with van der Waals surface area (Å²) in [6.45, 7) is 0. The highest BCUT2D eigenvalue weighted by atomic mass is 14.7. The SMILES string of the molecule is c1ccc2c(-c3ccc4cc(-c5ccc6nc(-c7ccc(-c8ccnc9c8ccc8cccnc89)cc7)ccc6c5)ccc4n3)c3ccccc3cc2c1. The third-order valence-electron chi connectivity index (χ3n) is 10.7. The molecule has 11 rings (SSSR count). The van der Waals surface area contributed by atoms with Crippen LogP contribution in [0.2, 0.25) is 0 Å². The van der Waals surface area contributed by atoms with Gasteiger partial charge < -0.3 is 0 Å². The lowest BCUT2D eigenvalue weighted by Crippen LogP contribution is -1.90. The van der Waals surface area contributed by atoms with Crippen LogP contribution in [0.25, 0.3) is 110 Å². The summed E-state index contributed by atoms with van der Waals surface area (Å²) in [6, 6.07) is 60.2. The first-order chi connectivity index (χ1) is 26.7. The molecule has 4 aromatic heterocycles. The van der Waals surface area contributed by atoms with E-state index in [2.05, 4.69) is 174 Å². The summed E-state index contributed by atoms with van der Waals surface area (Å²) < 4.78 is 0. The third kappa shape index (κ3) is 5.00. The second-order valence-electron chi connectivity index (χ2n) is 13.9. The Kier molecular flexibility index (Phi) is 6.82. The van der Waals surface area contributed by atoms with Crippen molar-refractivity contribution < 1.29 is 0 Å². The maximum Gasteiger partial charge on any atom is 0.0970 e. The Bertz CT molecular complexity index is 3220. The summed E-state index contributed by atoms with van der Waals surface area (Å²) in [7, 11) is 0. The van der Waals surface area contributed by atoms with Gasteiger partial charge in [-0.2, -0.15) is 0 Å². The molecule has 0 unspecified atom stereocenters. The Hall–Kier alpha value is -7.30. The van der Waals surface area contributed by atoms with Crippen molar-refractivity contribution in [2.24, 2.45) is 0 Å². The van der Waals surface area contributed by atoms with Crippen LogP contribution in [0.5, 0.6) is 0 Å². The molecule has 0 aliphatic carbocycles. The highest BCUT2D eigenvalue weighted by Gasteiger charge is 2.13. The summed E-state index contributed by atoms with van der Waals surface area (Å²) in [5, 5.41) is 9.29. The average molecular weight is 687 g/mol.